The van der Waals surface area contributed by atoms with E-state index in [9.17, 15) is 4.79 Å². The van der Waals surface area contributed by atoms with Gasteiger partial charge in [0.05, 0.1) is 17.8 Å². The molecule has 2 aromatic carbocycles. The first-order valence-corrected chi connectivity index (χ1v) is 9.06. The summed E-state index contributed by atoms with van der Waals surface area (Å²) in [5, 5.41) is 4.71. The van der Waals surface area contributed by atoms with E-state index >= 15 is 0 Å². The molecule has 148 valence electrons. The second kappa shape index (κ2) is 8.93. The zero-order valence-electron chi connectivity index (χ0n) is 16.8. The maximum atomic E-state index is 12.6. The molecule has 0 aliphatic heterocycles. The number of nitrogens with two attached hydrogens (primary N) is 1. The van der Waals surface area contributed by atoms with Gasteiger partial charge < -0.3 is 10.6 Å². The molecule has 3 rings (SSSR count). The lowest BCUT2D eigenvalue weighted by atomic mass is 10.1. The van der Waals surface area contributed by atoms with Crippen molar-refractivity contribution in [1.29, 1.82) is 0 Å². The van der Waals surface area contributed by atoms with Crippen LogP contribution in [0.2, 0.25) is 0 Å². The second-order valence-corrected chi connectivity index (χ2v) is 7.02. The van der Waals surface area contributed by atoms with Gasteiger partial charge in [0, 0.05) is 30.5 Å². The van der Waals surface area contributed by atoms with Crippen LogP contribution in [-0.4, -0.2) is 27.6 Å². The molecule has 28 heavy (non-hydrogen) atoms. The van der Waals surface area contributed by atoms with Crippen molar-refractivity contribution in [2.75, 3.05) is 12.8 Å². The fraction of sp³-hybridized carbons (Fsp3) is 0.273. The van der Waals surface area contributed by atoms with Gasteiger partial charge in [-0.3, -0.25) is 4.79 Å². The van der Waals surface area contributed by atoms with Crippen LogP contribution in [0.25, 0.3) is 5.69 Å². The summed E-state index contributed by atoms with van der Waals surface area (Å²) in [7, 11) is 1.84. The quantitative estimate of drug-likeness (QED) is 0.660. The van der Waals surface area contributed by atoms with Crippen LogP contribution in [0.1, 0.15) is 28.1 Å². The smallest absolute Gasteiger partial charge is 0.227 e. The molecule has 0 aliphatic rings. The Morgan fingerprint density at radius 3 is 2.36 bits per heavy atom. The number of nitrogens with zero attached hydrogens (tertiary/aromatic N) is 3. The fourth-order valence-electron chi connectivity index (χ4n) is 3.21. The van der Waals surface area contributed by atoms with Gasteiger partial charge in [-0.1, -0.05) is 30.3 Å². The van der Waals surface area contributed by atoms with Gasteiger partial charge in [-0.05, 0) is 50.1 Å². The van der Waals surface area contributed by atoms with Crippen LogP contribution >= 0.6 is 12.4 Å². The molecule has 0 saturated carbocycles. The highest BCUT2D eigenvalue weighted by molar-refractivity contribution is 5.85. The minimum absolute atomic E-state index is 0. The van der Waals surface area contributed by atoms with E-state index in [-0.39, 0.29) is 18.3 Å². The Bertz CT molecular complexity index is 963. The number of aromatic nitrogens is 2. The minimum Gasteiger partial charge on any atom is -0.399 e. The van der Waals surface area contributed by atoms with Crippen LogP contribution in [0.4, 0.5) is 5.69 Å². The first kappa shape index (κ1) is 21.5. The molecule has 0 saturated heterocycles. The largest absolute Gasteiger partial charge is 0.399 e. The number of carbonyl (C=O) groups is 1. The molecular weight excluding hydrogens is 372 g/mol. The van der Waals surface area contributed by atoms with Crippen molar-refractivity contribution in [3.8, 4) is 5.69 Å². The summed E-state index contributed by atoms with van der Waals surface area (Å²) in [6.07, 6.45) is 0.362. The van der Waals surface area contributed by atoms with Crippen LogP contribution in [-0.2, 0) is 17.8 Å². The summed E-state index contributed by atoms with van der Waals surface area (Å²) in [5.41, 5.74) is 12.7. The Labute approximate surface area is 172 Å². The maximum Gasteiger partial charge on any atom is 0.227 e. The molecule has 5 nitrogen and oxygen atoms in total. The molecule has 0 fully saturated rings. The maximum absolute atomic E-state index is 12.6. The first-order chi connectivity index (χ1) is 12.9. The topological polar surface area (TPSA) is 64.2 Å². The Kier molecular flexibility index (Phi) is 6.86. The number of hydrogen-bond donors (Lipinski definition) is 1. The van der Waals surface area contributed by atoms with Crippen LogP contribution in [0.15, 0.2) is 48.5 Å². The van der Waals surface area contributed by atoms with Gasteiger partial charge in [-0.2, -0.15) is 5.10 Å². The van der Waals surface area contributed by atoms with E-state index < -0.39 is 0 Å². The molecular formula is C22H27ClN4O. The standard InChI is InChI=1S/C22H26N4O.ClH/c1-15-7-5-6-8-21(15)26-17(3)20(16(2)24-26)14-25(4)22(27)13-18-9-11-19(23)12-10-18;/h5-12H,13-14,23H2,1-4H3;1H. The van der Waals surface area contributed by atoms with E-state index in [0.717, 1.165) is 28.2 Å². The van der Waals surface area contributed by atoms with Gasteiger partial charge in [-0.25, -0.2) is 4.68 Å². The highest BCUT2D eigenvalue weighted by Crippen LogP contribution is 2.21. The number of nitrogen functional groups attached to an aromatic ring is 1. The molecule has 0 radical (unpaired) electrons. The number of anilines is 1. The molecule has 3 aromatic rings. The number of hydrogen-bond acceptors (Lipinski definition) is 3. The van der Waals surface area contributed by atoms with Gasteiger partial charge in [0.15, 0.2) is 0 Å². The third-order valence-corrected chi connectivity index (χ3v) is 4.94. The third-order valence-electron chi connectivity index (χ3n) is 4.94. The number of halogens is 1. The second-order valence-electron chi connectivity index (χ2n) is 7.02. The van der Waals surface area contributed by atoms with E-state index in [1.807, 2.05) is 55.1 Å². The van der Waals surface area contributed by atoms with Crippen molar-refractivity contribution >= 4 is 24.0 Å². The van der Waals surface area contributed by atoms with Gasteiger partial charge in [0.1, 0.15) is 0 Å². The van der Waals surface area contributed by atoms with Crippen molar-refractivity contribution in [1.82, 2.24) is 14.7 Å². The van der Waals surface area contributed by atoms with Crippen LogP contribution in [0, 0.1) is 20.8 Å². The zero-order chi connectivity index (χ0) is 19.6. The normalized spacial score (nSPS) is 10.4. The molecule has 1 amide bonds. The van der Waals surface area contributed by atoms with Crippen LogP contribution in [0.3, 0.4) is 0 Å². The van der Waals surface area contributed by atoms with Crippen molar-refractivity contribution < 1.29 is 4.79 Å². The van der Waals surface area contributed by atoms with Crippen LogP contribution < -0.4 is 5.73 Å². The molecule has 1 aromatic heterocycles. The molecule has 0 spiro atoms. The van der Waals surface area contributed by atoms with E-state index in [1.54, 1.807) is 4.90 Å². The number of amides is 1. The number of aryl methyl sites for hydroxylation is 2. The number of likely N-dealkylation sites (N-methyl/N-ethyl adjacent to an activating group) is 1. The predicted molar refractivity (Wildman–Crippen MR) is 116 cm³/mol. The highest BCUT2D eigenvalue weighted by Gasteiger charge is 2.18. The fourth-order valence-corrected chi connectivity index (χ4v) is 3.21. The Morgan fingerprint density at radius 2 is 1.71 bits per heavy atom. The van der Waals surface area contributed by atoms with Crippen molar-refractivity contribution in [3.05, 3.63) is 76.6 Å². The summed E-state index contributed by atoms with van der Waals surface area (Å²) in [4.78, 5) is 14.4. The average molecular weight is 399 g/mol. The van der Waals surface area contributed by atoms with Gasteiger partial charge in [0.2, 0.25) is 5.91 Å². The summed E-state index contributed by atoms with van der Waals surface area (Å²) < 4.78 is 1.97. The number of benzene rings is 2. The predicted octanol–water partition coefficient (Wildman–Crippen LogP) is 4.00. The lowest BCUT2D eigenvalue weighted by Gasteiger charge is -2.18. The van der Waals surface area contributed by atoms with Gasteiger partial charge in [-0.15, -0.1) is 12.4 Å². The zero-order valence-corrected chi connectivity index (χ0v) is 17.6. The first-order valence-electron chi connectivity index (χ1n) is 9.06. The lowest BCUT2D eigenvalue weighted by molar-refractivity contribution is -0.129. The van der Waals surface area contributed by atoms with Crippen molar-refractivity contribution in [2.24, 2.45) is 0 Å². The summed E-state index contributed by atoms with van der Waals surface area (Å²) in [6, 6.07) is 15.6. The van der Waals surface area contributed by atoms with E-state index in [1.165, 1.54) is 5.56 Å². The van der Waals surface area contributed by atoms with E-state index in [4.69, 9.17) is 10.8 Å². The van der Waals surface area contributed by atoms with Crippen LogP contribution in [0.5, 0.6) is 0 Å². The summed E-state index contributed by atoms with van der Waals surface area (Å²) in [5.74, 6) is 0.0715. The third kappa shape index (κ3) is 4.54. The summed E-state index contributed by atoms with van der Waals surface area (Å²) >= 11 is 0. The molecule has 0 bridgehead atoms. The molecule has 1 heterocycles. The molecule has 6 heteroatoms. The van der Waals surface area contributed by atoms with Crippen molar-refractivity contribution in [3.63, 3.8) is 0 Å². The minimum atomic E-state index is 0. The summed E-state index contributed by atoms with van der Waals surface area (Å²) in [6.45, 7) is 6.67. The van der Waals surface area contributed by atoms with Gasteiger partial charge in [0.25, 0.3) is 0 Å². The Morgan fingerprint density at radius 1 is 1.07 bits per heavy atom. The number of carbonyl (C=O) groups excluding carboxylic acids is 1. The number of para-hydroxylation sites is 1. The number of rotatable bonds is 5. The lowest BCUT2D eigenvalue weighted by Crippen LogP contribution is -2.28. The Balaban J connectivity index is 0.00000280. The Hall–Kier alpha value is -2.79. The molecule has 0 atom stereocenters. The monoisotopic (exact) mass is 398 g/mol. The molecule has 0 unspecified atom stereocenters. The molecule has 0 aliphatic carbocycles. The molecule has 2 N–H and O–H groups in total. The van der Waals surface area contributed by atoms with E-state index in [0.29, 0.717) is 18.7 Å². The SMILES string of the molecule is Cc1ccccc1-n1nc(C)c(CN(C)C(=O)Cc2ccc(N)cc2)c1C.Cl. The highest BCUT2D eigenvalue weighted by atomic mass is 35.5. The van der Waals surface area contributed by atoms with Gasteiger partial charge >= 0.3 is 0 Å². The average Bonchev–Trinajstić information content (AvgIpc) is 2.92. The van der Waals surface area contributed by atoms with E-state index in [2.05, 4.69) is 26.0 Å². The van der Waals surface area contributed by atoms with Crippen molar-refractivity contribution in [2.45, 2.75) is 33.7 Å².